The number of carbonyl (C=O) groups is 1. The smallest absolute Gasteiger partial charge is 0.185 e. The molecular formula is C17H13BrO3. The van der Waals surface area contributed by atoms with Crippen LogP contribution in [0.25, 0.3) is 6.08 Å². The molecule has 3 nitrogen and oxygen atoms in total. The summed E-state index contributed by atoms with van der Waals surface area (Å²) in [6.07, 6.45) is 3.34. The quantitative estimate of drug-likeness (QED) is 0.620. The Morgan fingerprint density at radius 2 is 1.86 bits per heavy atom. The minimum absolute atomic E-state index is 0.0359. The summed E-state index contributed by atoms with van der Waals surface area (Å²) < 4.78 is 11.9. The lowest BCUT2D eigenvalue weighted by Crippen LogP contribution is -2.15. The lowest BCUT2D eigenvalue weighted by Gasteiger charge is -2.18. The molecule has 0 fully saturated rings. The summed E-state index contributed by atoms with van der Waals surface area (Å²) in [6, 6.07) is 13.0. The number of halogens is 1. The summed E-state index contributed by atoms with van der Waals surface area (Å²) in [5, 5.41) is 0. The van der Waals surface area contributed by atoms with Crippen molar-refractivity contribution in [2.75, 3.05) is 13.2 Å². The van der Waals surface area contributed by atoms with Crippen molar-refractivity contribution in [2.24, 2.45) is 0 Å². The van der Waals surface area contributed by atoms with Crippen LogP contribution in [0.5, 0.6) is 11.5 Å². The lowest BCUT2D eigenvalue weighted by molar-refractivity contribution is 0.104. The normalized spacial score (nSPS) is 13.4. The number of ether oxygens (including phenoxy) is 2. The third-order valence-corrected chi connectivity index (χ3v) is 3.60. The first-order valence-electron chi connectivity index (χ1n) is 6.60. The molecule has 0 bridgehead atoms. The predicted molar refractivity (Wildman–Crippen MR) is 84.9 cm³/mol. The molecule has 1 aliphatic heterocycles. The molecule has 0 unspecified atom stereocenters. The zero-order valence-electron chi connectivity index (χ0n) is 11.2. The Morgan fingerprint density at radius 3 is 2.67 bits per heavy atom. The second-order valence-electron chi connectivity index (χ2n) is 4.61. The monoisotopic (exact) mass is 344 g/mol. The first-order chi connectivity index (χ1) is 10.2. The Kier molecular flexibility index (Phi) is 4.06. The third kappa shape index (κ3) is 3.34. The van der Waals surface area contributed by atoms with E-state index in [1.165, 1.54) is 0 Å². The molecule has 0 N–H and O–H groups in total. The fraction of sp³-hybridized carbons (Fsp3) is 0.118. The average molecular weight is 345 g/mol. The number of fused-ring (bicyclic) bond motifs is 1. The van der Waals surface area contributed by atoms with Crippen LogP contribution in [0.1, 0.15) is 15.9 Å². The molecule has 3 rings (SSSR count). The largest absolute Gasteiger partial charge is 0.486 e. The summed E-state index contributed by atoms with van der Waals surface area (Å²) in [7, 11) is 0. The van der Waals surface area contributed by atoms with E-state index in [-0.39, 0.29) is 5.78 Å². The zero-order valence-corrected chi connectivity index (χ0v) is 12.8. The van der Waals surface area contributed by atoms with Crippen LogP contribution in [0.3, 0.4) is 0 Å². The van der Waals surface area contributed by atoms with E-state index in [9.17, 15) is 4.79 Å². The number of rotatable bonds is 3. The molecule has 4 heteroatoms. The Bertz CT molecular complexity index is 707. The topological polar surface area (TPSA) is 35.5 Å². The van der Waals surface area contributed by atoms with Gasteiger partial charge >= 0.3 is 0 Å². The fourth-order valence-electron chi connectivity index (χ4n) is 2.07. The van der Waals surface area contributed by atoms with E-state index in [0.29, 0.717) is 18.8 Å². The summed E-state index contributed by atoms with van der Waals surface area (Å²) in [4.78, 5) is 12.1. The van der Waals surface area contributed by atoms with Gasteiger partial charge in [-0.1, -0.05) is 40.2 Å². The Morgan fingerprint density at radius 1 is 1.05 bits per heavy atom. The molecule has 21 heavy (non-hydrogen) atoms. The highest BCUT2D eigenvalue weighted by Crippen LogP contribution is 2.31. The highest BCUT2D eigenvalue weighted by atomic mass is 79.9. The van der Waals surface area contributed by atoms with Crippen molar-refractivity contribution in [3.63, 3.8) is 0 Å². The molecule has 0 aliphatic carbocycles. The van der Waals surface area contributed by atoms with Crippen molar-refractivity contribution in [3.05, 3.63) is 64.1 Å². The minimum Gasteiger partial charge on any atom is -0.486 e. The third-order valence-electron chi connectivity index (χ3n) is 3.10. The van der Waals surface area contributed by atoms with Crippen molar-refractivity contribution in [1.82, 2.24) is 0 Å². The van der Waals surface area contributed by atoms with Crippen LogP contribution in [-0.2, 0) is 0 Å². The van der Waals surface area contributed by atoms with Gasteiger partial charge in [0.15, 0.2) is 17.3 Å². The van der Waals surface area contributed by atoms with Gasteiger partial charge in [-0.25, -0.2) is 0 Å². The number of hydrogen-bond donors (Lipinski definition) is 0. The summed E-state index contributed by atoms with van der Waals surface area (Å²) in [5.41, 5.74) is 1.56. The predicted octanol–water partition coefficient (Wildman–Crippen LogP) is 4.12. The molecule has 0 amide bonds. The minimum atomic E-state index is -0.0359. The van der Waals surface area contributed by atoms with E-state index in [0.717, 1.165) is 21.5 Å². The molecule has 0 saturated carbocycles. The summed E-state index contributed by atoms with van der Waals surface area (Å²) in [6.45, 7) is 1.13. The maximum absolute atomic E-state index is 12.1. The van der Waals surface area contributed by atoms with E-state index in [4.69, 9.17) is 9.47 Å². The average Bonchev–Trinajstić information content (AvgIpc) is 2.52. The molecule has 1 aliphatic rings. The molecule has 0 aromatic heterocycles. The van der Waals surface area contributed by atoms with Crippen LogP contribution >= 0.6 is 15.9 Å². The maximum atomic E-state index is 12.1. The van der Waals surface area contributed by atoms with Crippen LogP contribution in [0.15, 0.2) is 53.0 Å². The molecule has 2 aromatic carbocycles. The second kappa shape index (κ2) is 6.14. The molecule has 0 spiro atoms. The van der Waals surface area contributed by atoms with Gasteiger partial charge in [-0.05, 0) is 35.9 Å². The molecule has 1 heterocycles. The van der Waals surface area contributed by atoms with Crippen LogP contribution in [-0.4, -0.2) is 19.0 Å². The number of benzene rings is 2. The van der Waals surface area contributed by atoms with Crippen LogP contribution in [0.4, 0.5) is 0 Å². The van der Waals surface area contributed by atoms with Gasteiger partial charge < -0.3 is 9.47 Å². The maximum Gasteiger partial charge on any atom is 0.185 e. The van der Waals surface area contributed by atoms with Gasteiger partial charge in [-0.3, -0.25) is 4.79 Å². The van der Waals surface area contributed by atoms with E-state index in [2.05, 4.69) is 15.9 Å². The number of hydrogen-bond acceptors (Lipinski definition) is 3. The van der Waals surface area contributed by atoms with Crippen molar-refractivity contribution in [2.45, 2.75) is 0 Å². The molecule has 2 aromatic rings. The Labute approximate surface area is 131 Å². The highest BCUT2D eigenvalue weighted by molar-refractivity contribution is 9.10. The zero-order chi connectivity index (χ0) is 14.7. The van der Waals surface area contributed by atoms with Gasteiger partial charge in [0.25, 0.3) is 0 Å². The highest BCUT2D eigenvalue weighted by Gasteiger charge is 2.10. The van der Waals surface area contributed by atoms with E-state index in [1.807, 2.05) is 30.3 Å². The molecule has 106 valence electrons. The van der Waals surface area contributed by atoms with Crippen LogP contribution in [0.2, 0.25) is 0 Å². The van der Waals surface area contributed by atoms with E-state index < -0.39 is 0 Å². The van der Waals surface area contributed by atoms with Gasteiger partial charge in [0.1, 0.15) is 13.2 Å². The van der Waals surface area contributed by atoms with Crippen molar-refractivity contribution >= 4 is 27.8 Å². The summed E-state index contributed by atoms with van der Waals surface area (Å²) >= 11 is 3.36. The van der Waals surface area contributed by atoms with E-state index >= 15 is 0 Å². The number of carbonyl (C=O) groups excluding carboxylic acids is 1. The first-order valence-corrected chi connectivity index (χ1v) is 7.39. The van der Waals surface area contributed by atoms with Gasteiger partial charge in [0.2, 0.25) is 0 Å². The van der Waals surface area contributed by atoms with E-state index in [1.54, 1.807) is 24.3 Å². The molecule has 0 radical (unpaired) electrons. The van der Waals surface area contributed by atoms with Gasteiger partial charge in [-0.15, -0.1) is 0 Å². The molecular weight excluding hydrogens is 332 g/mol. The van der Waals surface area contributed by atoms with Crippen molar-refractivity contribution < 1.29 is 14.3 Å². The molecule has 0 atom stereocenters. The molecule has 0 saturated heterocycles. The van der Waals surface area contributed by atoms with Gasteiger partial charge in [0.05, 0.1) is 0 Å². The van der Waals surface area contributed by atoms with Crippen LogP contribution < -0.4 is 9.47 Å². The van der Waals surface area contributed by atoms with Crippen molar-refractivity contribution in [1.29, 1.82) is 0 Å². The van der Waals surface area contributed by atoms with Gasteiger partial charge in [-0.2, -0.15) is 0 Å². The lowest BCUT2D eigenvalue weighted by atomic mass is 10.1. The standard InChI is InChI=1S/C17H13BrO3/c18-14-3-1-2-13(11-14)15(19)6-4-12-5-7-16-17(10-12)21-9-8-20-16/h1-7,10-11H,8-9H2. The Hall–Kier alpha value is -2.07. The van der Waals surface area contributed by atoms with Crippen molar-refractivity contribution in [3.8, 4) is 11.5 Å². The number of allylic oxidation sites excluding steroid dienone is 1. The first kappa shape index (κ1) is 13.9. The fourth-order valence-corrected chi connectivity index (χ4v) is 2.47. The summed E-state index contributed by atoms with van der Waals surface area (Å²) in [5.74, 6) is 1.43. The van der Waals surface area contributed by atoms with Crippen LogP contribution in [0, 0.1) is 0 Å². The van der Waals surface area contributed by atoms with Gasteiger partial charge in [0, 0.05) is 10.0 Å². The SMILES string of the molecule is O=C(C=Cc1ccc2c(c1)OCCO2)c1cccc(Br)c1. The Balaban J connectivity index is 1.78. The second-order valence-corrected chi connectivity index (χ2v) is 5.53. The number of ketones is 1.